The lowest BCUT2D eigenvalue weighted by Crippen LogP contribution is -2.23. The van der Waals surface area contributed by atoms with Crippen molar-refractivity contribution in [3.63, 3.8) is 0 Å². The number of nitriles is 1. The van der Waals surface area contributed by atoms with E-state index in [0.29, 0.717) is 28.1 Å². The molecule has 0 atom stereocenters. The summed E-state index contributed by atoms with van der Waals surface area (Å²) in [6, 6.07) is 19.0. The minimum absolute atomic E-state index is 0.0440. The van der Waals surface area contributed by atoms with Crippen LogP contribution in [0.25, 0.3) is 28.4 Å². The van der Waals surface area contributed by atoms with Crippen molar-refractivity contribution in [3.8, 4) is 29.2 Å². The lowest BCUT2D eigenvalue weighted by molar-refractivity contribution is 0.433. The number of hydrogen-bond acceptors (Lipinski definition) is 5. The van der Waals surface area contributed by atoms with Crippen LogP contribution in [0.2, 0.25) is 0 Å². The van der Waals surface area contributed by atoms with Crippen molar-refractivity contribution in [1.29, 1.82) is 5.26 Å². The molecule has 2 aromatic carbocycles. The van der Waals surface area contributed by atoms with Crippen LogP contribution in [0.15, 0.2) is 87.6 Å². The molecule has 0 fully saturated rings. The van der Waals surface area contributed by atoms with Gasteiger partial charge in [-0.05, 0) is 73.9 Å². The number of rotatable bonds is 5. The first kappa shape index (κ1) is 27.2. The predicted octanol–water partition coefficient (Wildman–Crippen LogP) is 5.71. The summed E-state index contributed by atoms with van der Waals surface area (Å²) in [5.74, 6) is -0.753. The summed E-state index contributed by atoms with van der Waals surface area (Å²) in [6.07, 6.45) is 4.64. The van der Waals surface area contributed by atoms with Crippen molar-refractivity contribution in [2.75, 3.05) is 0 Å². The fraction of sp³-hybridized carbons (Fsp3) is 0.0938. The maximum absolute atomic E-state index is 13.3. The predicted molar refractivity (Wildman–Crippen MR) is 154 cm³/mol. The fourth-order valence-electron chi connectivity index (χ4n) is 4.28. The van der Waals surface area contributed by atoms with Gasteiger partial charge in [-0.2, -0.15) is 5.26 Å². The first-order valence-electron chi connectivity index (χ1n) is 12.2. The van der Waals surface area contributed by atoms with Crippen molar-refractivity contribution in [1.82, 2.24) is 9.13 Å². The Morgan fingerprint density at radius 1 is 0.875 bits per heavy atom. The van der Waals surface area contributed by atoms with Crippen LogP contribution in [0.3, 0.4) is 0 Å². The number of allylic oxidation sites excluding steroid dienone is 2. The average molecular weight is 529 g/mol. The topological polar surface area (TPSA) is 113 Å². The molecule has 0 amide bonds. The van der Waals surface area contributed by atoms with Crippen molar-refractivity contribution in [3.05, 3.63) is 138 Å². The van der Waals surface area contributed by atoms with Gasteiger partial charge in [0.05, 0.1) is 17.9 Å². The van der Waals surface area contributed by atoms with Crippen LogP contribution in [0.4, 0.5) is 5.69 Å². The number of para-hydroxylation sites is 2. The van der Waals surface area contributed by atoms with Gasteiger partial charge in [-0.15, -0.1) is 5.73 Å². The molecule has 0 radical (unpaired) electrons. The number of nitrogens with zero attached hydrogens (tertiary/aromatic N) is 4. The van der Waals surface area contributed by atoms with Crippen molar-refractivity contribution in [2.24, 2.45) is 0 Å². The third-order valence-corrected chi connectivity index (χ3v) is 6.46. The number of benzene rings is 2. The van der Waals surface area contributed by atoms with Gasteiger partial charge >= 0.3 is 0 Å². The summed E-state index contributed by atoms with van der Waals surface area (Å²) < 4.78 is 2.16. The highest BCUT2D eigenvalue weighted by Crippen LogP contribution is 2.33. The molecule has 0 spiro atoms. The molecule has 0 saturated heterocycles. The zero-order chi connectivity index (χ0) is 29.0. The van der Waals surface area contributed by atoms with Crippen LogP contribution in [-0.4, -0.2) is 19.3 Å². The average Bonchev–Trinajstić information content (AvgIpc) is 2.94. The molecule has 4 rings (SSSR count). The second-order valence-corrected chi connectivity index (χ2v) is 8.93. The van der Waals surface area contributed by atoms with Gasteiger partial charge in [0.25, 0.3) is 11.1 Å². The minimum Gasteiger partial charge on any atom is -0.502 e. The van der Waals surface area contributed by atoms with Crippen LogP contribution in [0.5, 0.6) is 11.8 Å². The number of aromatic hydroxyl groups is 2. The van der Waals surface area contributed by atoms with Gasteiger partial charge in [-0.1, -0.05) is 42.5 Å². The molecule has 0 unspecified atom stereocenters. The van der Waals surface area contributed by atoms with Gasteiger partial charge < -0.3 is 10.2 Å². The van der Waals surface area contributed by atoms with E-state index in [1.54, 1.807) is 93.6 Å². The Labute approximate surface area is 230 Å². The fourth-order valence-corrected chi connectivity index (χ4v) is 4.28. The number of pyridine rings is 2. The highest BCUT2D eigenvalue weighted by molar-refractivity contribution is 5.70. The maximum Gasteiger partial charge on any atom is 0.276 e. The van der Waals surface area contributed by atoms with Gasteiger partial charge in [0.2, 0.25) is 17.4 Å². The molecule has 0 saturated carbocycles. The van der Waals surface area contributed by atoms with Crippen molar-refractivity contribution in [2.45, 2.75) is 20.8 Å². The monoisotopic (exact) mass is 528 g/mol. The van der Waals surface area contributed by atoms with Crippen molar-refractivity contribution < 1.29 is 10.2 Å². The Hall–Kier alpha value is -5.82. The summed E-state index contributed by atoms with van der Waals surface area (Å²) in [6.45, 7) is 12.4. The zero-order valence-electron chi connectivity index (χ0n) is 22.0. The molecule has 196 valence electrons. The highest BCUT2D eigenvalue weighted by atomic mass is 16.3. The molecule has 40 heavy (non-hydrogen) atoms. The highest BCUT2D eigenvalue weighted by Gasteiger charge is 2.20. The summed E-state index contributed by atoms with van der Waals surface area (Å²) >= 11 is 0. The molecule has 0 bridgehead atoms. The van der Waals surface area contributed by atoms with E-state index in [-0.39, 0.29) is 28.3 Å². The molecule has 2 N–H and O–H groups in total. The van der Waals surface area contributed by atoms with Crippen molar-refractivity contribution >= 4 is 17.8 Å². The molecular formula is C32H24N4O4. The quantitative estimate of drug-likeness (QED) is 0.196. The largest absolute Gasteiger partial charge is 0.502 e. The van der Waals surface area contributed by atoms with E-state index in [1.165, 1.54) is 6.08 Å². The lowest BCUT2D eigenvalue weighted by atomic mass is 10.0. The van der Waals surface area contributed by atoms with E-state index in [1.807, 2.05) is 6.07 Å². The lowest BCUT2D eigenvalue weighted by Gasteiger charge is -2.14. The summed E-state index contributed by atoms with van der Waals surface area (Å²) in [4.78, 5) is 29.7. The molecule has 8 heteroatoms. The van der Waals surface area contributed by atoms with E-state index in [9.17, 15) is 25.1 Å². The molecule has 0 aliphatic carbocycles. The third kappa shape index (κ3) is 4.87. The van der Waals surface area contributed by atoms with E-state index in [0.717, 1.165) is 9.13 Å². The standard InChI is InChI=1S/C32H24N4O4/c1-20(15-17-25-21(2)27(19-33)31(39)35(29(25)37)23-11-7-5-8-12-23)16-18-26-22(3)28(34-4)32(40)36(30(26)38)24-13-9-6-10-14-24/h5-15,17-18,37,40H,1-3H3. The minimum atomic E-state index is -0.624. The second kappa shape index (κ2) is 11.3. The van der Waals surface area contributed by atoms with Gasteiger partial charge in [0.15, 0.2) is 0 Å². The SMILES string of the molecule is [C-]#[N+]c1c(C)c(C=C=C(C)C=Cc2c(C)c(C#N)c(=O)n(-c3ccccc3)c2O)c(=O)n(-c2ccccc2)c1O. The second-order valence-electron chi connectivity index (χ2n) is 8.93. The molecule has 2 heterocycles. The molecule has 8 nitrogen and oxygen atoms in total. The Kier molecular flexibility index (Phi) is 7.68. The van der Waals surface area contributed by atoms with Crippen LogP contribution in [-0.2, 0) is 0 Å². The van der Waals surface area contributed by atoms with Crippen LogP contribution < -0.4 is 11.1 Å². The summed E-state index contributed by atoms with van der Waals surface area (Å²) in [5.41, 5.74) is 4.23. The van der Waals surface area contributed by atoms with E-state index in [4.69, 9.17) is 6.57 Å². The van der Waals surface area contributed by atoms with E-state index >= 15 is 0 Å². The first-order valence-corrected chi connectivity index (χ1v) is 12.2. The van der Waals surface area contributed by atoms with Gasteiger partial charge in [0, 0.05) is 11.1 Å². The smallest absolute Gasteiger partial charge is 0.276 e. The van der Waals surface area contributed by atoms with Crippen LogP contribution in [0.1, 0.15) is 34.7 Å². The van der Waals surface area contributed by atoms with Crippen LogP contribution >= 0.6 is 0 Å². The molecule has 2 aromatic heterocycles. The molecule has 0 aliphatic heterocycles. The zero-order valence-corrected chi connectivity index (χ0v) is 22.0. The number of aromatic nitrogens is 2. The summed E-state index contributed by atoms with van der Waals surface area (Å²) in [5, 5.41) is 31.3. The third-order valence-electron chi connectivity index (χ3n) is 6.46. The number of hydrogen-bond donors (Lipinski definition) is 2. The Balaban J connectivity index is 1.85. The normalized spacial score (nSPS) is 10.5. The first-order chi connectivity index (χ1) is 19.2. The van der Waals surface area contributed by atoms with Gasteiger partial charge in [-0.3, -0.25) is 14.2 Å². The van der Waals surface area contributed by atoms with E-state index < -0.39 is 17.0 Å². The van der Waals surface area contributed by atoms with Crippen LogP contribution in [0, 0.1) is 31.8 Å². The van der Waals surface area contributed by atoms with E-state index in [2.05, 4.69) is 10.6 Å². The molecule has 0 aliphatic rings. The Bertz CT molecular complexity index is 1930. The van der Waals surface area contributed by atoms with Gasteiger partial charge in [0.1, 0.15) is 11.6 Å². The van der Waals surface area contributed by atoms with Gasteiger partial charge in [-0.25, -0.2) is 9.41 Å². The molecular weight excluding hydrogens is 504 g/mol. The Morgan fingerprint density at radius 3 is 1.95 bits per heavy atom. The molecule has 4 aromatic rings. The Morgan fingerprint density at radius 2 is 1.43 bits per heavy atom. The summed E-state index contributed by atoms with van der Waals surface area (Å²) in [7, 11) is 0. The maximum atomic E-state index is 13.3.